The van der Waals surface area contributed by atoms with E-state index >= 15 is 0 Å². The molecule has 0 bridgehead atoms. The zero-order valence-corrected chi connectivity index (χ0v) is 11.1. The van der Waals surface area contributed by atoms with Crippen molar-refractivity contribution in [2.45, 2.75) is 21.8 Å². The zero-order valence-electron chi connectivity index (χ0n) is 5.52. The molecular formula is C6H11ISe2. The molecule has 0 unspecified atom stereocenters. The van der Waals surface area contributed by atoms with Crippen molar-refractivity contribution in [2.75, 3.05) is 4.43 Å². The topological polar surface area (TPSA) is 0 Å². The van der Waals surface area contributed by atoms with Crippen LogP contribution in [0.1, 0.15) is 0 Å². The van der Waals surface area contributed by atoms with Gasteiger partial charge in [-0.3, -0.25) is 0 Å². The summed E-state index contributed by atoms with van der Waals surface area (Å²) in [6.45, 7) is 0. The van der Waals surface area contributed by atoms with E-state index in [1.807, 2.05) is 0 Å². The van der Waals surface area contributed by atoms with E-state index in [1.165, 1.54) is 4.43 Å². The molecule has 1 fully saturated rings. The van der Waals surface area contributed by atoms with Gasteiger partial charge < -0.3 is 0 Å². The van der Waals surface area contributed by atoms with Gasteiger partial charge in [-0.2, -0.15) is 0 Å². The van der Waals surface area contributed by atoms with Crippen LogP contribution in [0.5, 0.6) is 0 Å². The molecule has 0 nitrogen and oxygen atoms in total. The second-order valence-corrected chi connectivity index (χ2v) is 7.21. The normalized spacial score (nSPS) is 23.3. The van der Waals surface area contributed by atoms with Gasteiger partial charge in [0.2, 0.25) is 0 Å². The van der Waals surface area contributed by atoms with E-state index in [0.717, 1.165) is 35.3 Å². The molecule has 0 saturated carbocycles. The molecule has 0 radical (unpaired) electrons. The summed E-state index contributed by atoms with van der Waals surface area (Å²) in [6.07, 6.45) is 0. The molecule has 1 heterocycles. The van der Waals surface area contributed by atoms with Crippen LogP contribution >= 0.6 is 22.6 Å². The minimum atomic E-state index is 0.856. The van der Waals surface area contributed by atoms with E-state index in [0.29, 0.717) is 0 Å². The average molecular weight is 368 g/mol. The molecule has 0 aromatic heterocycles. The quantitative estimate of drug-likeness (QED) is 0.407. The molecule has 0 aromatic rings. The van der Waals surface area contributed by atoms with Crippen molar-refractivity contribution in [1.29, 1.82) is 0 Å². The molecule has 0 aromatic carbocycles. The van der Waals surface area contributed by atoms with Crippen LogP contribution in [0.2, 0.25) is 21.8 Å². The monoisotopic (exact) mass is 370 g/mol. The Morgan fingerprint density at radius 1 is 1.67 bits per heavy atom. The summed E-state index contributed by atoms with van der Waals surface area (Å²) in [6, 6.07) is 0. The molecule has 0 atom stereocenters. The van der Waals surface area contributed by atoms with Gasteiger partial charge in [0.1, 0.15) is 0 Å². The van der Waals surface area contributed by atoms with Crippen LogP contribution in [0, 0.1) is 5.41 Å². The van der Waals surface area contributed by atoms with E-state index in [2.05, 4.69) is 28.4 Å². The van der Waals surface area contributed by atoms with Crippen LogP contribution in [0.3, 0.4) is 0 Å². The third-order valence-electron chi connectivity index (χ3n) is 1.55. The van der Waals surface area contributed by atoms with Gasteiger partial charge in [0, 0.05) is 0 Å². The second-order valence-electron chi connectivity index (χ2n) is 2.56. The Labute approximate surface area is 83.4 Å². The van der Waals surface area contributed by atoms with Crippen LogP contribution in [0.25, 0.3) is 0 Å². The molecule has 0 aliphatic carbocycles. The molecule has 3 heteroatoms. The fourth-order valence-corrected chi connectivity index (χ4v) is 9.91. The maximum atomic E-state index is 2.56. The molecule has 0 amide bonds. The molecule has 54 valence electrons. The van der Waals surface area contributed by atoms with Crippen molar-refractivity contribution in [3.05, 3.63) is 0 Å². The second kappa shape index (κ2) is 3.96. The van der Waals surface area contributed by atoms with Crippen molar-refractivity contribution < 1.29 is 0 Å². The first-order valence-electron chi connectivity index (χ1n) is 2.96. The van der Waals surface area contributed by atoms with Gasteiger partial charge in [0.05, 0.1) is 0 Å². The first-order valence-corrected chi connectivity index (χ1v) is 9.83. The summed E-state index contributed by atoms with van der Waals surface area (Å²) in [4.78, 5) is 0. The van der Waals surface area contributed by atoms with Gasteiger partial charge in [-0.1, -0.05) is 0 Å². The van der Waals surface area contributed by atoms with Gasteiger partial charge in [-0.15, -0.1) is 0 Å². The number of rotatable bonds is 3. The van der Waals surface area contributed by atoms with Crippen molar-refractivity contribution >= 4 is 52.5 Å². The molecule has 0 N–H and O–H groups in total. The summed E-state index contributed by atoms with van der Waals surface area (Å²) in [5.74, 6) is 2.37. The first kappa shape index (κ1) is 8.86. The van der Waals surface area contributed by atoms with Crippen molar-refractivity contribution in [3.63, 3.8) is 0 Å². The Bertz CT molecular complexity index is 85.5. The van der Waals surface area contributed by atoms with E-state index in [-0.39, 0.29) is 0 Å². The van der Waals surface area contributed by atoms with Crippen molar-refractivity contribution in [1.82, 2.24) is 0 Å². The van der Waals surface area contributed by atoms with E-state index in [9.17, 15) is 0 Å². The van der Waals surface area contributed by atoms with Gasteiger partial charge in [0.25, 0.3) is 0 Å². The number of hydrogen-bond acceptors (Lipinski definition) is 0. The predicted molar refractivity (Wildman–Crippen MR) is 53.1 cm³/mol. The molecule has 1 rings (SSSR count). The van der Waals surface area contributed by atoms with Crippen LogP contribution in [-0.2, 0) is 0 Å². The molecular weight excluding hydrogens is 357 g/mol. The van der Waals surface area contributed by atoms with Crippen molar-refractivity contribution in [3.8, 4) is 0 Å². The summed E-state index contributed by atoms with van der Waals surface area (Å²) >= 11 is 4.52. The van der Waals surface area contributed by atoms with Gasteiger partial charge in [-0.25, -0.2) is 0 Å². The SMILES string of the molecule is C[Se]CC1(CI)C[Se]C1. The molecule has 1 saturated heterocycles. The van der Waals surface area contributed by atoms with Gasteiger partial charge >= 0.3 is 84.1 Å². The Kier molecular flexibility index (Phi) is 3.90. The van der Waals surface area contributed by atoms with Crippen LogP contribution in [-0.4, -0.2) is 34.3 Å². The fraction of sp³-hybridized carbons (Fsp3) is 1.00. The Morgan fingerprint density at radius 3 is 2.44 bits per heavy atom. The molecule has 1 aliphatic rings. The third kappa shape index (κ3) is 2.10. The van der Waals surface area contributed by atoms with Crippen LogP contribution in [0.15, 0.2) is 0 Å². The maximum absolute atomic E-state index is 2.56. The third-order valence-corrected chi connectivity index (χ3v) is 8.49. The summed E-state index contributed by atoms with van der Waals surface area (Å²) < 4.78 is 1.42. The van der Waals surface area contributed by atoms with Crippen LogP contribution in [0.4, 0.5) is 0 Å². The Hall–Kier alpha value is 1.77. The zero-order chi connectivity index (χ0) is 6.74. The standard InChI is InChI=1S/C6H11ISe2/c1-8-3-6(2-7)4-9-5-6/h2-5H2,1H3. The van der Waals surface area contributed by atoms with Crippen molar-refractivity contribution in [2.24, 2.45) is 5.41 Å². The summed E-state index contributed by atoms with van der Waals surface area (Å²) in [7, 11) is 0. The fourth-order valence-electron chi connectivity index (χ4n) is 0.896. The Balaban J connectivity index is 2.28. The Morgan fingerprint density at radius 2 is 2.33 bits per heavy atom. The molecule has 9 heavy (non-hydrogen) atoms. The first-order chi connectivity index (χ1) is 4.33. The van der Waals surface area contributed by atoms with Gasteiger partial charge in [-0.05, 0) is 0 Å². The summed E-state index contributed by atoms with van der Waals surface area (Å²) in [5, 5.41) is 4.71. The minimum absolute atomic E-state index is 0.856. The summed E-state index contributed by atoms with van der Waals surface area (Å²) in [5.41, 5.74) is 0.856. The number of halogens is 1. The van der Waals surface area contributed by atoms with Gasteiger partial charge in [0.15, 0.2) is 0 Å². The predicted octanol–water partition coefficient (Wildman–Crippen LogP) is 2.13. The van der Waals surface area contributed by atoms with E-state index in [1.54, 1.807) is 16.0 Å². The number of alkyl halides is 1. The molecule has 1 aliphatic heterocycles. The van der Waals surface area contributed by atoms with Crippen LogP contribution < -0.4 is 0 Å². The number of hydrogen-bond donors (Lipinski definition) is 0. The average Bonchev–Trinajstić information content (AvgIpc) is 1.79. The van der Waals surface area contributed by atoms with E-state index in [4.69, 9.17) is 0 Å². The molecule has 0 spiro atoms. The van der Waals surface area contributed by atoms with E-state index < -0.39 is 0 Å².